The van der Waals surface area contributed by atoms with Gasteiger partial charge in [-0.15, -0.1) is 0 Å². The summed E-state index contributed by atoms with van der Waals surface area (Å²) < 4.78 is 0. The Hall–Kier alpha value is -1.14. The molecule has 6 heteroatoms. The summed E-state index contributed by atoms with van der Waals surface area (Å²) in [5.41, 5.74) is 0. The van der Waals surface area contributed by atoms with Crippen LogP contribution in [0.1, 0.15) is 13.3 Å². The molecular formula is C14H26N4O2. The van der Waals surface area contributed by atoms with Gasteiger partial charge in [-0.3, -0.25) is 9.59 Å². The maximum Gasteiger partial charge on any atom is 0.228 e. The molecular weight excluding hydrogens is 256 g/mol. The molecule has 0 unspecified atom stereocenters. The highest BCUT2D eigenvalue weighted by Crippen LogP contribution is 2.20. The van der Waals surface area contributed by atoms with Gasteiger partial charge in [0.2, 0.25) is 11.8 Å². The number of carbonyl (C=O) groups excluding carboxylic acids is 2. The van der Waals surface area contributed by atoms with E-state index >= 15 is 0 Å². The first-order valence-corrected chi connectivity index (χ1v) is 7.42. The van der Waals surface area contributed by atoms with Gasteiger partial charge in [0.15, 0.2) is 0 Å². The predicted octanol–water partition coefficient (Wildman–Crippen LogP) is -0.783. The zero-order chi connectivity index (χ0) is 14.7. The molecule has 2 fully saturated rings. The van der Waals surface area contributed by atoms with E-state index in [-0.39, 0.29) is 17.7 Å². The van der Waals surface area contributed by atoms with E-state index in [1.165, 1.54) is 0 Å². The van der Waals surface area contributed by atoms with Gasteiger partial charge in [0.05, 0.1) is 5.92 Å². The fourth-order valence-electron chi connectivity index (χ4n) is 2.87. The van der Waals surface area contributed by atoms with Crippen LogP contribution in [0, 0.1) is 5.92 Å². The molecule has 0 aromatic rings. The summed E-state index contributed by atoms with van der Waals surface area (Å²) in [5, 5.41) is 3.33. The van der Waals surface area contributed by atoms with Crippen molar-refractivity contribution >= 4 is 11.8 Å². The van der Waals surface area contributed by atoms with Gasteiger partial charge in [0.1, 0.15) is 0 Å². The Bertz CT molecular complexity index is 372. The summed E-state index contributed by atoms with van der Waals surface area (Å²) in [7, 11) is 3.98. The summed E-state index contributed by atoms with van der Waals surface area (Å²) in [6.07, 6.45) is 0.380. The zero-order valence-corrected chi connectivity index (χ0v) is 12.8. The highest BCUT2D eigenvalue weighted by atomic mass is 16.2. The predicted molar refractivity (Wildman–Crippen MR) is 77.3 cm³/mol. The van der Waals surface area contributed by atoms with Crippen molar-refractivity contribution in [3.05, 3.63) is 0 Å². The molecule has 2 atom stereocenters. The van der Waals surface area contributed by atoms with Crippen LogP contribution >= 0.6 is 0 Å². The van der Waals surface area contributed by atoms with Crippen LogP contribution < -0.4 is 5.32 Å². The number of nitrogens with one attached hydrogen (secondary N) is 1. The van der Waals surface area contributed by atoms with Crippen LogP contribution in [0.5, 0.6) is 0 Å². The Kier molecular flexibility index (Phi) is 4.99. The van der Waals surface area contributed by atoms with Gasteiger partial charge in [0.25, 0.3) is 0 Å². The van der Waals surface area contributed by atoms with Crippen molar-refractivity contribution in [2.45, 2.75) is 19.4 Å². The molecule has 0 spiro atoms. The van der Waals surface area contributed by atoms with E-state index in [1.807, 2.05) is 23.9 Å². The Morgan fingerprint density at radius 1 is 1.40 bits per heavy atom. The average Bonchev–Trinajstić information content (AvgIpc) is 2.77. The molecule has 0 aliphatic carbocycles. The van der Waals surface area contributed by atoms with Crippen molar-refractivity contribution in [3.8, 4) is 0 Å². The molecule has 0 aromatic carbocycles. The van der Waals surface area contributed by atoms with E-state index in [9.17, 15) is 9.59 Å². The molecule has 0 saturated carbocycles. The second kappa shape index (κ2) is 6.54. The van der Waals surface area contributed by atoms with Gasteiger partial charge in [0, 0.05) is 51.7 Å². The Balaban J connectivity index is 1.87. The number of likely N-dealkylation sites (tertiary alicyclic amines) is 1. The molecule has 114 valence electrons. The third-order valence-corrected chi connectivity index (χ3v) is 4.06. The molecule has 0 bridgehead atoms. The van der Waals surface area contributed by atoms with E-state index in [1.54, 1.807) is 0 Å². The van der Waals surface area contributed by atoms with Crippen molar-refractivity contribution in [1.82, 2.24) is 20.0 Å². The number of rotatable bonds is 4. The molecule has 6 nitrogen and oxygen atoms in total. The summed E-state index contributed by atoms with van der Waals surface area (Å²) in [4.78, 5) is 30.3. The molecule has 2 aliphatic heterocycles. The Morgan fingerprint density at radius 3 is 2.80 bits per heavy atom. The minimum absolute atomic E-state index is 0.119. The summed E-state index contributed by atoms with van der Waals surface area (Å²) >= 11 is 0. The number of nitrogens with zero attached hydrogens (tertiary/aromatic N) is 3. The second-order valence-electron chi connectivity index (χ2n) is 6.18. The van der Waals surface area contributed by atoms with Crippen LogP contribution in [-0.2, 0) is 9.59 Å². The minimum Gasteiger partial charge on any atom is -0.341 e. The molecule has 2 aliphatic rings. The molecule has 1 N–H and O–H groups in total. The third kappa shape index (κ3) is 3.70. The minimum atomic E-state index is -0.144. The lowest BCUT2D eigenvalue weighted by atomic mass is 10.1. The first-order valence-electron chi connectivity index (χ1n) is 7.42. The van der Waals surface area contributed by atoms with Gasteiger partial charge >= 0.3 is 0 Å². The molecule has 2 saturated heterocycles. The van der Waals surface area contributed by atoms with E-state index in [4.69, 9.17) is 0 Å². The fourth-order valence-corrected chi connectivity index (χ4v) is 2.87. The highest BCUT2D eigenvalue weighted by molar-refractivity contribution is 5.89. The van der Waals surface area contributed by atoms with E-state index < -0.39 is 0 Å². The van der Waals surface area contributed by atoms with Gasteiger partial charge in [-0.25, -0.2) is 0 Å². The third-order valence-electron chi connectivity index (χ3n) is 4.06. The largest absolute Gasteiger partial charge is 0.341 e. The van der Waals surface area contributed by atoms with E-state index in [2.05, 4.69) is 17.1 Å². The van der Waals surface area contributed by atoms with E-state index in [0.717, 1.165) is 26.2 Å². The van der Waals surface area contributed by atoms with Crippen LogP contribution in [0.4, 0.5) is 0 Å². The fraction of sp³-hybridized carbons (Fsp3) is 0.857. The van der Waals surface area contributed by atoms with Crippen LogP contribution in [0.15, 0.2) is 0 Å². The van der Waals surface area contributed by atoms with Gasteiger partial charge in [-0.2, -0.15) is 0 Å². The Labute approximate surface area is 121 Å². The lowest BCUT2D eigenvalue weighted by Crippen LogP contribution is -2.53. The van der Waals surface area contributed by atoms with Crippen LogP contribution in [0.2, 0.25) is 0 Å². The van der Waals surface area contributed by atoms with Gasteiger partial charge in [-0.05, 0) is 21.0 Å². The molecule has 0 radical (unpaired) electrons. The molecule has 2 amide bonds. The van der Waals surface area contributed by atoms with Crippen molar-refractivity contribution in [3.63, 3.8) is 0 Å². The monoisotopic (exact) mass is 282 g/mol. The van der Waals surface area contributed by atoms with Crippen LogP contribution in [0.25, 0.3) is 0 Å². The topological polar surface area (TPSA) is 55.9 Å². The first kappa shape index (κ1) is 15.3. The summed E-state index contributed by atoms with van der Waals surface area (Å²) in [5.74, 6) is 0.127. The zero-order valence-electron chi connectivity index (χ0n) is 12.8. The number of amides is 2. The van der Waals surface area contributed by atoms with Crippen molar-refractivity contribution in [1.29, 1.82) is 0 Å². The lowest BCUT2D eigenvalue weighted by molar-refractivity contribution is -0.136. The first-order chi connectivity index (χ1) is 9.47. The van der Waals surface area contributed by atoms with Gasteiger partial charge in [-0.1, -0.05) is 0 Å². The maximum atomic E-state index is 12.5. The van der Waals surface area contributed by atoms with Crippen LogP contribution in [0.3, 0.4) is 0 Å². The molecule has 0 aromatic heterocycles. The maximum absolute atomic E-state index is 12.5. The number of carbonyl (C=O) groups is 2. The normalized spacial score (nSPS) is 27.5. The Morgan fingerprint density at radius 2 is 2.15 bits per heavy atom. The quantitative estimate of drug-likeness (QED) is 0.735. The van der Waals surface area contributed by atoms with Crippen LogP contribution in [-0.4, -0.2) is 85.9 Å². The number of hydrogen-bond acceptors (Lipinski definition) is 4. The van der Waals surface area contributed by atoms with Crippen molar-refractivity contribution < 1.29 is 9.59 Å². The average molecular weight is 282 g/mol. The number of hydrogen-bond donors (Lipinski definition) is 1. The highest BCUT2D eigenvalue weighted by Gasteiger charge is 2.37. The second-order valence-corrected chi connectivity index (χ2v) is 6.18. The number of piperazine rings is 1. The molecule has 2 heterocycles. The van der Waals surface area contributed by atoms with Crippen molar-refractivity contribution in [2.24, 2.45) is 5.92 Å². The van der Waals surface area contributed by atoms with Crippen molar-refractivity contribution in [2.75, 3.05) is 53.4 Å². The lowest BCUT2D eigenvalue weighted by Gasteiger charge is -2.33. The standard InChI is InChI=1S/C14H26N4O2/c1-11-9-18(5-4-15-11)14(20)12-8-13(19)17(10-12)7-6-16(2)3/h11-12,15H,4-10H2,1-3H3/t11-,12+/m0/s1. The summed E-state index contributed by atoms with van der Waals surface area (Å²) in [6.45, 7) is 6.59. The van der Waals surface area contributed by atoms with E-state index in [0.29, 0.717) is 25.6 Å². The summed E-state index contributed by atoms with van der Waals surface area (Å²) in [6, 6.07) is 0.342. The van der Waals surface area contributed by atoms with Gasteiger partial charge < -0.3 is 20.0 Å². The SMILES string of the molecule is C[C@H]1CN(C(=O)[C@@H]2CC(=O)N(CCN(C)C)C2)CCN1. The smallest absolute Gasteiger partial charge is 0.228 e. The number of likely N-dealkylation sites (N-methyl/N-ethyl adjacent to an activating group) is 1. The molecule has 20 heavy (non-hydrogen) atoms. The molecule has 2 rings (SSSR count).